The number of hydrogen-bond donors (Lipinski definition) is 1. The van der Waals surface area contributed by atoms with Crippen LogP contribution in [0.1, 0.15) is 0 Å². The highest BCUT2D eigenvalue weighted by atomic mass is 32.1. The summed E-state index contributed by atoms with van der Waals surface area (Å²) in [6, 6.07) is 11.5. The molecule has 5 nitrogen and oxygen atoms in total. The molecule has 0 unspecified atom stereocenters. The Morgan fingerprint density at radius 2 is 2.08 bits per heavy atom. The molecule has 6 heteroatoms. The number of allylic oxidation sites excluding steroid dienone is 1. The van der Waals surface area contributed by atoms with Crippen LogP contribution in [0, 0.1) is 0 Å². The summed E-state index contributed by atoms with van der Waals surface area (Å²) in [5.74, 6) is 0.537. The maximum Gasteiger partial charge on any atom is 0.228 e. The van der Waals surface area contributed by atoms with E-state index in [1.165, 1.54) is 11.3 Å². The Kier molecular flexibility index (Phi) is 3.87. The molecule has 0 aliphatic rings. The van der Waals surface area contributed by atoms with Crippen LogP contribution in [0.4, 0.5) is 10.8 Å². The minimum atomic E-state index is 0.537. The Morgan fingerprint density at radius 3 is 2.92 bits per heavy atom. The second-order valence-corrected chi connectivity index (χ2v) is 6.31. The lowest BCUT2D eigenvalue weighted by molar-refractivity contribution is 0.619. The van der Waals surface area contributed by atoms with E-state index < -0.39 is 0 Å². The van der Waals surface area contributed by atoms with Crippen LogP contribution < -0.4 is 15.2 Å². The van der Waals surface area contributed by atoms with E-state index in [0.717, 1.165) is 26.3 Å². The summed E-state index contributed by atoms with van der Waals surface area (Å²) in [6.45, 7) is 7.65. The van der Waals surface area contributed by atoms with Gasteiger partial charge in [-0.3, -0.25) is 0 Å². The van der Waals surface area contributed by atoms with Crippen molar-refractivity contribution in [2.24, 2.45) is 0 Å². The number of thiazole rings is 1. The number of aromatic nitrogens is 3. The van der Waals surface area contributed by atoms with Crippen LogP contribution >= 0.6 is 11.3 Å². The molecule has 0 saturated heterocycles. The van der Waals surface area contributed by atoms with Crippen LogP contribution in [-0.4, -0.2) is 15.0 Å². The van der Waals surface area contributed by atoms with Gasteiger partial charge in [0.05, 0.1) is 9.88 Å². The van der Waals surface area contributed by atoms with E-state index >= 15 is 0 Å². The molecule has 0 atom stereocenters. The zero-order valence-corrected chi connectivity index (χ0v) is 14.1. The monoisotopic (exact) mass is 346 g/mol. The molecule has 1 aromatic carbocycles. The van der Waals surface area contributed by atoms with Crippen molar-refractivity contribution in [3.05, 3.63) is 65.1 Å². The summed E-state index contributed by atoms with van der Waals surface area (Å²) < 4.78 is 6.76. The van der Waals surface area contributed by atoms with E-state index in [4.69, 9.17) is 4.42 Å². The van der Waals surface area contributed by atoms with Gasteiger partial charge in [-0.05, 0) is 36.4 Å². The minimum Gasteiger partial charge on any atom is -0.434 e. The first-order chi connectivity index (χ1) is 12.2. The van der Waals surface area contributed by atoms with Gasteiger partial charge in [-0.25, -0.2) is 9.97 Å². The molecule has 0 aliphatic heterocycles. The first-order valence-corrected chi connectivity index (χ1v) is 8.42. The van der Waals surface area contributed by atoms with Crippen molar-refractivity contribution in [3.63, 3.8) is 0 Å². The van der Waals surface area contributed by atoms with Gasteiger partial charge >= 0.3 is 0 Å². The molecule has 1 N–H and O–H groups in total. The Bertz CT molecular complexity index is 1140. The first kappa shape index (κ1) is 15.3. The maximum absolute atomic E-state index is 5.77. The van der Waals surface area contributed by atoms with Gasteiger partial charge in [-0.1, -0.05) is 36.6 Å². The highest BCUT2D eigenvalue weighted by Gasteiger charge is 2.09. The van der Waals surface area contributed by atoms with Crippen molar-refractivity contribution < 1.29 is 4.42 Å². The number of nitrogens with one attached hydrogen (secondary N) is 1. The number of pyridine rings is 1. The number of benzene rings is 1. The fourth-order valence-corrected chi connectivity index (χ4v) is 3.26. The summed E-state index contributed by atoms with van der Waals surface area (Å²) in [5, 5.41) is 4.80. The van der Waals surface area contributed by atoms with Gasteiger partial charge in [-0.2, -0.15) is 4.98 Å². The van der Waals surface area contributed by atoms with Crippen molar-refractivity contribution in [1.82, 2.24) is 15.0 Å². The van der Waals surface area contributed by atoms with E-state index in [9.17, 15) is 0 Å². The van der Waals surface area contributed by atoms with E-state index in [0.29, 0.717) is 17.1 Å². The standard InChI is InChI=1S/C19H14N4OS/c1-3-6-16-12(2)21-19(25-16)22-14-8-4-7-13(11-14)18-23-17-15(24-18)9-5-10-20-17/h3-11H,1-2H2,(H,21,22)/b16-6+. The lowest BCUT2D eigenvalue weighted by Gasteiger charge is -2.03. The Morgan fingerprint density at radius 1 is 1.16 bits per heavy atom. The van der Waals surface area contributed by atoms with Crippen molar-refractivity contribution in [1.29, 1.82) is 0 Å². The Balaban J connectivity index is 1.67. The van der Waals surface area contributed by atoms with Crippen molar-refractivity contribution >= 4 is 46.0 Å². The smallest absolute Gasteiger partial charge is 0.228 e. The number of rotatable bonds is 4. The topological polar surface area (TPSA) is 63.8 Å². The predicted molar refractivity (Wildman–Crippen MR) is 102 cm³/mol. The fourth-order valence-electron chi connectivity index (χ4n) is 2.40. The highest BCUT2D eigenvalue weighted by molar-refractivity contribution is 7.13. The molecule has 0 fully saturated rings. The molecule has 25 heavy (non-hydrogen) atoms. The van der Waals surface area contributed by atoms with E-state index in [2.05, 4.69) is 33.4 Å². The van der Waals surface area contributed by atoms with Gasteiger partial charge in [0.25, 0.3) is 0 Å². The summed E-state index contributed by atoms with van der Waals surface area (Å²) >= 11 is 1.52. The number of anilines is 2. The van der Waals surface area contributed by atoms with Crippen molar-refractivity contribution in [2.45, 2.75) is 0 Å². The number of oxazole rings is 1. The van der Waals surface area contributed by atoms with Crippen molar-refractivity contribution in [3.8, 4) is 11.5 Å². The third-order valence-corrected chi connectivity index (χ3v) is 4.50. The zero-order chi connectivity index (χ0) is 17.2. The lowest BCUT2D eigenvalue weighted by Crippen LogP contribution is -2.17. The first-order valence-electron chi connectivity index (χ1n) is 7.60. The molecular formula is C19H14N4OS. The summed E-state index contributed by atoms with van der Waals surface area (Å²) in [4.78, 5) is 13.1. The van der Waals surface area contributed by atoms with Gasteiger partial charge in [-0.15, -0.1) is 0 Å². The quantitative estimate of drug-likeness (QED) is 0.613. The third-order valence-electron chi connectivity index (χ3n) is 3.52. The normalized spacial score (nSPS) is 11.8. The van der Waals surface area contributed by atoms with Gasteiger partial charge in [0.15, 0.2) is 16.4 Å². The lowest BCUT2D eigenvalue weighted by atomic mass is 10.2. The molecular weight excluding hydrogens is 332 g/mol. The predicted octanol–water partition coefficient (Wildman–Crippen LogP) is 3.47. The second-order valence-electron chi connectivity index (χ2n) is 5.28. The summed E-state index contributed by atoms with van der Waals surface area (Å²) in [5.41, 5.74) is 3.03. The van der Waals surface area contributed by atoms with Crippen LogP contribution in [0.5, 0.6) is 0 Å². The Hall–Kier alpha value is -3.25. The Labute approximate surface area is 147 Å². The van der Waals surface area contributed by atoms with Gasteiger partial charge in [0, 0.05) is 17.4 Å². The molecule has 3 aromatic heterocycles. The molecule has 0 amide bonds. The SMILES string of the molecule is C=C/C=c1/sc(Nc2cccc(-c3nc4ncccc4o3)c2)nc1=C. The summed E-state index contributed by atoms with van der Waals surface area (Å²) in [6.07, 6.45) is 5.32. The van der Waals surface area contributed by atoms with Crippen molar-refractivity contribution in [2.75, 3.05) is 5.32 Å². The highest BCUT2D eigenvalue weighted by Crippen LogP contribution is 2.26. The fraction of sp³-hybridized carbons (Fsp3) is 0. The third kappa shape index (κ3) is 3.07. The molecule has 3 heterocycles. The molecule has 4 aromatic rings. The number of hydrogen-bond acceptors (Lipinski definition) is 6. The van der Waals surface area contributed by atoms with Crippen LogP contribution in [0.25, 0.3) is 35.3 Å². The number of nitrogens with zero attached hydrogens (tertiary/aromatic N) is 3. The number of fused-ring (bicyclic) bond motifs is 1. The van der Waals surface area contributed by atoms with Crippen LogP contribution in [0.3, 0.4) is 0 Å². The molecule has 0 radical (unpaired) electrons. The van der Waals surface area contributed by atoms with Gasteiger partial charge in [0.2, 0.25) is 5.89 Å². The van der Waals surface area contributed by atoms with E-state index in [1.54, 1.807) is 12.3 Å². The zero-order valence-electron chi connectivity index (χ0n) is 13.3. The molecule has 122 valence electrons. The van der Waals surface area contributed by atoms with E-state index in [1.807, 2.05) is 42.5 Å². The molecule has 4 rings (SSSR count). The largest absolute Gasteiger partial charge is 0.434 e. The minimum absolute atomic E-state index is 0.537. The van der Waals surface area contributed by atoms with Crippen LogP contribution in [0.15, 0.2) is 59.7 Å². The summed E-state index contributed by atoms with van der Waals surface area (Å²) in [7, 11) is 0. The molecule has 0 spiro atoms. The average Bonchev–Trinajstić information content (AvgIpc) is 3.19. The molecule has 0 bridgehead atoms. The maximum atomic E-state index is 5.77. The molecule has 0 aliphatic carbocycles. The van der Waals surface area contributed by atoms with Gasteiger partial charge < -0.3 is 9.73 Å². The van der Waals surface area contributed by atoms with Crippen LogP contribution in [0.2, 0.25) is 0 Å². The second kappa shape index (κ2) is 6.33. The van der Waals surface area contributed by atoms with E-state index in [-0.39, 0.29) is 0 Å². The molecule has 0 saturated carbocycles. The average molecular weight is 346 g/mol. The van der Waals surface area contributed by atoms with Gasteiger partial charge in [0.1, 0.15) is 0 Å². The van der Waals surface area contributed by atoms with Crippen LogP contribution in [-0.2, 0) is 0 Å².